The van der Waals surface area contributed by atoms with E-state index in [1.54, 1.807) is 12.1 Å². The highest BCUT2D eigenvalue weighted by molar-refractivity contribution is 5.68. The van der Waals surface area contributed by atoms with E-state index < -0.39 is 12.1 Å². The van der Waals surface area contributed by atoms with Gasteiger partial charge in [-0.25, -0.2) is 9.78 Å². The molecule has 3 aromatic rings. The number of oxazole rings is 1. The molecule has 1 heterocycles. The summed E-state index contributed by atoms with van der Waals surface area (Å²) in [6.07, 6.45) is 0.355. The van der Waals surface area contributed by atoms with Crippen LogP contribution in [-0.4, -0.2) is 34.8 Å². The number of ether oxygens (including phenoxy) is 2. The van der Waals surface area contributed by atoms with Crippen molar-refractivity contribution in [2.45, 2.75) is 52.7 Å². The molecule has 1 amide bonds. The molecule has 0 unspecified atom stereocenters. The Bertz CT molecular complexity index is 1110. The van der Waals surface area contributed by atoms with E-state index in [0.717, 1.165) is 22.6 Å². The zero-order chi connectivity index (χ0) is 24.5. The highest BCUT2D eigenvalue weighted by Gasteiger charge is 2.13. The molecule has 8 heteroatoms. The number of carboxylic acid groups (broad SMARTS) is 1. The van der Waals surface area contributed by atoms with Crippen molar-refractivity contribution >= 4 is 12.1 Å². The van der Waals surface area contributed by atoms with Crippen LogP contribution >= 0.6 is 0 Å². The van der Waals surface area contributed by atoms with Crippen LogP contribution in [0.1, 0.15) is 42.8 Å². The first-order chi connectivity index (χ1) is 16.3. The van der Waals surface area contributed by atoms with Crippen LogP contribution in [0.5, 0.6) is 5.75 Å². The second kappa shape index (κ2) is 11.9. The molecule has 0 radical (unpaired) electrons. The van der Waals surface area contributed by atoms with Gasteiger partial charge >= 0.3 is 12.1 Å². The Balaban J connectivity index is 1.64. The third kappa shape index (κ3) is 7.37. The zero-order valence-electron chi connectivity index (χ0n) is 19.7. The Kier molecular flexibility index (Phi) is 8.67. The number of aliphatic carboxylic acids is 1. The molecule has 0 spiro atoms. The van der Waals surface area contributed by atoms with Crippen molar-refractivity contribution in [2.24, 2.45) is 0 Å². The lowest BCUT2D eigenvalue weighted by Gasteiger charge is -2.14. The van der Waals surface area contributed by atoms with Gasteiger partial charge in [-0.2, -0.15) is 0 Å². The number of carbonyl (C=O) groups is 2. The minimum atomic E-state index is -0.886. The Hall–Kier alpha value is -3.81. The van der Waals surface area contributed by atoms with E-state index in [1.807, 2.05) is 57.2 Å². The van der Waals surface area contributed by atoms with Crippen LogP contribution in [0, 0.1) is 6.92 Å². The standard InChI is InChI=1S/C26H30N2O6/c1-17(2)27-26(31)33-16-21-15-22(11-9-19(21)10-12-24(29)30)32-14-13-23-18(3)34-25(28-23)20-7-5-4-6-8-20/h4-9,11,15,17H,10,12-14,16H2,1-3H3,(H,27,31)(H,29,30). The summed E-state index contributed by atoms with van der Waals surface area (Å²) < 4.78 is 17.0. The average molecular weight is 467 g/mol. The largest absolute Gasteiger partial charge is 0.493 e. The number of hydrogen-bond donors (Lipinski definition) is 2. The van der Waals surface area contributed by atoms with Crippen molar-refractivity contribution in [1.82, 2.24) is 10.3 Å². The number of carbonyl (C=O) groups excluding carboxylic acids is 1. The highest BCUT2D eigenvalue weighted by Crippen LogP contribution is 2.23. The maximum atomic E-state index is 11.9. The molecule has 1 aromatic heterocycles. The molecule has 0 aliphatic carbocycles. The van der Waals surface area contributed by atoms with Gasteiger partial charge in [0, 0.05) is 24.4 Å². The number of nitrogens with zero attached hydrogens (tertiary/aromatic N) is 1. The second-order valence-electron chi connectivity index (χ2n) is 8.19. The van der Waals surface area contributed by atoms with Crippen LogP contribution in [0.4, 0.5) is 4.79 Å². The monoisotopic (exact) mass is 466 g/mol. The molecule has 0 bridgehead atoms. The summed E-state index contributed by atoms with van der Waals surface area (Å²) >= 11 is 0. The average Bonchev–Trinajstić information content (AvgIpc) is 3.17. The quantitative estimate of drug-likeness (QED) is 0.412. The van der Waals surface area contributed by atoms with Gasteiger partial charge in [-0.05, 0) is 62.6 Å². The van der Waals surface area contributed by atoms with Crippen molar-refractivity contribution in [3.63, 3.8) is 0 Å². The fourth-order valence-electron chi connectivity index (χ4n) is 3.36. The number of benzene rings is 2. The van der Waals surface area contributed by atoms with Crippen LogP contribution < -0.4 is 10.1 Å². The minimum Gasteiger partial charge on any atom is -0.493 e. The lowest BCUT2D eigenvalue weighted by Crippen LogP contribution is -2.30. The summed E-state index contributed by atoms with van der Waals surface area (Å²) in [6, 6.07) is 15.0. The predicted molar refractivity (Wildman–Crippen MR) is 127 cm³/mol. The number of alkyl carbamates (subject to hydrolysis) is 1. The molecule has 0 atom stereocenters. The maximum Gasteiger partial charge on any atom is 0.407 e. The minimum absolute atomic E-state index is 0.0133. The first-order valence-corrected chi connectivity index (χ1v) is 11.2. The predicted octanol–water partition coefficient (Wildman–Crippen LogP) is 4.92. The third-order valence-corrected chi connectivity index (χ3v) is 5.07. The number of aryl methyl sites for hydroxylation is 2. The molecular formula is C26H30N2O6. The van der Waals surface area contributed by atoms with Crippen LogP contribution in [0.15, 0.2) is 52.9 Å². The smallest absolute Gasteiger partial charge is 0.407 e. The van der Waals surface area contributed by atoms with E-state index in [9.17, 15) is 9.59 Å². The molecule has 0 saturated carbocycles. The Morgan fingerprint density at radius 2 is 1.85 bits per heavy atom. The van der Waals surface area contributed by atoms with Gasteiger partial charge in [0.1, 0.15) is 18.1 Å². The lowest BCUT2D eigenvalue weighted by molar-refractivity contribution is -0.136. The fraction of sp³-hybridized carbons (Fsp3) is 0.346. The van der Waals surface area contributed by atoms with Crippen LogP contribution in [0.3, 0.4) is 0 Å². The number of aromatic nitrogens is 1. The van der Waals surface area contributed by atoms with Gasteiger partial charge in [0.05, 0.1) is 12.3 Å². The van der Waals surface area contributed by atoms with Crippen LogP contribution in [-0.2, 0) is 29.0 Å². The molecule has 0 aliphatic heterocycles. The first kappa shape index (κ1) is 24.8. The summed E-state index contributed by atoms with van der Waals surface area (Å²) in [4.78, 5) is 27.5. The van der Waals surface area contributed by atoms with Crippen molar-refractivity contribution in [3.8, 4) is 17.2 Å². The van der Waals surface area contributed by atoms with Gasteiger partial charge in [0.2, 0.25) is 5.89 Å². The molecule has 0 fully saturated rings. The molecule has 34 heavy (non-hydrogen) atoms. The van der Waals surface area contributed by atoms with Crippen LogP contribution in [0.25, 0.3) is 11.5 Å². The molecule has 180 valence electrons. The van der Waals surface area contributed by atoms with Gasteiger partial charge in [0.15, 0.2) is 0 Å². The Morgan fingerprint density at radius 1 is 1.09 bits per heavy atom. The van der Waals surface area contributed by atoms with E-state index in [2.05, 4.69) is 10.3 Å². The zero-order valence-corrected chi connectivity index (χ0v) is 19.7. The molecule has 0 saturated heterocycles. The van der Waals surface area contributed by atoms with Gasteiger partial charge in [-0.1, -0.05) is 24.3 Å². The summed E-state index contributed by atoms with van der Waals surface area (Å²) in [7, 11) is 0. The molecule has 0 aliphatic rings. The van der Waals surface area contributed by atoms with Gasteiger partial charge in [-0.3, -0.25) is 4.79 Å². The molecule has 8 nitrogen and oxygen atoms in total. The molecule has 3 rings (SSSR count). The summed E-state index contributed by atoms with van der Waals surface area (Å²) in [6.45, 7) is 5.96. The SMILES string of the molecule is Cc1oc(-c2ccccc2)nc1CCOc1ccc(CCC(=O)O)c(COC(=O)NC(C)C)c1. The summed E-state index contributed by atoms with van der Waals surface area (Å²) in [5.41, 5.74) is 3.25. The third-order valence-electron chi connectivity index (χ3n) is 5.07. The number of hydrogen-bond acceptors (Lipinski definition) is 6. The van der Waals surface area contributed by atoms with E-state index >= 15 is 0 Å². The van der Waals surface area contributed by atoms with E-state index in [0.29, 0.717) is 36.7 Å². The van der Waals surface area contributed by atoms with Crippen molar-refractivity contribution in [1.29, 1.82) is 0 Å². The number of amides is 1. The number of rotatable bonds is 11. The highest BCUT2D eigenvalue weighted by atomic mass is 16.5. The van der Waals surface area contributed by atoms with Crippen molar-refractivity contribution < 1.29 is 28.6 Å². The lowest BCUT2D eigenvalue weighted by atomic mass is 10.0. The first-order valence-electron chi connectivity index (χ1n) is 11.2. The normalized spacial score (nSPS) is 10.8. The van der Waals surface area contributed by atoms with Crippen molar-refractivity contribution in [3.05, 3.63) is 71.1 Å². The van der Waals surface area contributed by atoms with Crippen molar-refractivity contribution in [2.75, 3.05) is 6.61 Å². The van der Waals surface area contributed by atoms with E-state index in [1.165, 1.54) is 0 Å². The van der Waals surface area contributed by atoms with E-state index in [4.69, 9.17) is 19.0 Å². The Morgan fingerprint density at radius 3 is 2.56 bits per heavy atom. The Labute approximate surface area is 198 Å². The number of carboxylic acids is 1. The van der Waals surface area contributed by atoms with Crippen LogP contribution in [0.2, 0.25) is 0 Å². The topological polar surface area (TPSA) is 111 Å². The summed E-state index contributed by atoms with van der Waals surface area (Å²) in [5.74, 6) is 1.04. The van der Waals surface area contributed by atoms with Gasteiger partial charge in [0.25, 0.3) is 0 Å². The van der Waals surface area contributed by atoms with E-state index in [-0.39, 0.29) is 19.1 Å². The maximum absolute atomic E-state index is 11.9. The summed E-state index contributed by atoms with van der Waals surface area (Å²) in [5, 5.41) is 11.7. The second-order valence-corrected chi connectivity index (χ2v) is 8.19. The van der Waals surface area contributed by atoms with Gasteiger partial charge < -0.3 is 24.3 Å². The molecule has 2 N–H and O–H groups in total. The molecule has 2 aromatic carbocycles. The molecular weight excluding hydrogens is 436 g/mol. The number of nitrogens with one attached hydrogen (secondary N) is 1. The fourth-order valence-corrected chi connectivity index (χ4v) is 3.36. The van der Waals surface area contributed by atoms with Gasteiger partial charge in [-0.15, -0.1) is 0 Å².